The Labute approximate surface area is 352 Å². The van der Waals surface area contributed by atoms with Crippen LogP contribution in [0.25, 0.3) is 0 Å². The molecule has 57 heavy (non-hydrogen) atoms. The van der Waals surface area contributed by atoms with E-state index in [1.54, 1.807) is 0 Å². The van der Waals surface area contributed by atoms with Crippen LogP contribution in [0.4, 0.5) is 0 Å². The van der Waals surface area contributed by atoms with Crippen LogP contribution in [0.1, 0.15) is 232 Å². The van der Waals surface area contributed by atoms with Gasteiger partial charge in [0.15, 0.2) is 0 Å². The van der Waals surface area contributed by atoms with Crippen LogP contribution in [0.3, 0.4) is 0 Å². The number of nitrogens with one attached hydrogen (secondary N) is 1. The molecule has 0 aliphatic carbocycles. The molecule has 0 aromatic heterocycles. The second-order valence-corrected chi connectivity index (χ2v) is 17.8. The largest absolute Gasteiger partial charge is 0.472 e. The average molecular weight is 825 g/mol. The summed E-state index contributed by atoms with van der Waals surface area (Å²) in [6, 6.07) is -0.782. The maximum atomic E-state index is 12.8. The summed E-state index contributed by atoms with van der Waals surface area (Å²) in [5.41, 5.74) is 5.39. The van der Waals surface area contributed by atoms with E-state index in [2.05, 4.69) is 55.6 Å². The number of hydrogen-bond donors (Lipinski definition) is 4. The smallest absolute Gasteiger partial charge is 0.391 e. The van der Waals surface area contributed by atoms with Gasteiger partial charge in [-0.25, -0.2) is 4.57 Å². The number of aliphatic hydroxyl groups excluding tert-OH is 1. The molecule has 3 unspecified atom stereocenters. The zero-order valence-electron chi connectivity index (χ0n) is 37.3. The quantitative estimate of drug-likeness (QED) is 0.0273. The molecule has 0 aliphatic heterocycles. The zero-order valence-corrected chi connectivity index (χ0v) is 38.2. The highest BCUT2D eigenvalue weighted by Crippen LogP contribution is 2.43. The van der Waals surface area contributed by atoms with Crippen molar-refractivity contribution in [2.45, 2.75) is 244 Å². The van der Waals surface area contributed by atoms with Gasteiger partial charge in [0, 0.05) is 13.0 Å². The van der Waals surface area contributed by atoms with Gasteiger partial charge in [0.2, 0.25) is 5.91 Å². The molecular weight excluding hydrogens is 732 g/mol. The lowest BCUT2D eigenvalue weighted by atomic mass is 10.0. The Morgan fingerprint density at radius 1 is 0.579 bits per heavy atom. The number of carbonyl (C=O) groups is 1. The molecule has 9 heteroatoms. The summed E-state index contributed by atoms with van der Waals surface area (Å²) in [4.78, 5) is 22.8. The van der Waals surface area contributed by atoms with Crippen molar-refractivity contribution in [1.82, 2.24) is 5.32 Å². The van der Waals surface area contributed by atoms with Gasteiger partial charge in [-0.1, -0.05) is 211 Å². The Morgan fingerprint density at radius 2 is 0.965 bits per heavy atom. The van der Waals surface area contributed by atoms with Crippen LogP contribution in [0.15, 0.2) is 36.5 Å². The van der Waals surface area contributed by atoms with Crippen molar-refractivity contribution in [3.05, 3.63) is 36.5 Å². The Kier molecular flexibility index (Phi) is 43.3. The zero-order chi connectivity index (χ0) is 41.8. The highest BCUT2D eigenvalue weighted by atomic mass is 31.2. The van der Waals surface area contributed by atoms with Crippen molar-refractivity contribution in [1.29, 1.82) is 0 Å². The Hall–Kier alpha value is -1.28. The third-order valence-electron chi connectivity index (χ3n) is 10.7. The minimum atomic E-state index is -4.32. The summed E-state index contributed by atoms with van der Waals surface area (Å²) in [5, 5.41) is 13.8. The number of amides is 1. The molecule has 0 bridgehead atoms. The number of hydrogen-bond acceptors (Lipinski definition) is 6. The lowest BCUT2D eigenvalue weighted by molar-refractivity contribution is -0.123. The van der Waals surface area contributed by atoms with Crippen molar-refractivity contribution in [3.8, 4) is 0 Å². The number of carbonyl (C=O) groups excluding carboxylic acids is 1. The number of aliphatic hydroxyl groups is 1. The normalized spacial score (nSPS) is 14.3. The fourth-order valence-electron chi connectivity index (χ4n) is 7.09. The molecule has 0 aromatic rings. The van der Waals surface area contributed by atoms with E-state index < -0.39 is 20.0 Å². The molecule has 0 heterocycles. The molecule has 5 N–H and O–H groups in total. The van der Waals surface area contributed by atoms with Crippen LogP contribution in [0.5, 0.6) is 0 Å². The van der Waals surface area contributed by atoms with Crippen LogP contribution in [-0.2, 0) is 18.4 Å². The lowest BCUT2D eigenvalue weighted by Crippen LogP contribution is -2.46. The van der Waals surface area contributed by atoms with Crippen molar-refractivity contribution < 1.29 is 28.4 Å². The summed E-state index contributed by atoms with van der Waals surface area (Å²) in [7, 11) is -4.32. The van der Waals surface area contributed by atoms with Crippen molar-refractivity contribution in [3.63, 3.8) is 0 Å². The second kappa shape index (κ2) is 44.3. The highest BCUT2D eigenvalue weighted by molar-refractivity contribution is 7.47. The summed E-state index contributed by atoms with van der Waals surface area (Å²) in [5.74, 6) is -0.172. The predicted octanol–water partition coefficient (Wildman–Crippen LogP) is 13.9. The van der Waals surface area contributed by atoms with E-state index >= 15 is 0 Å². The third-order valence-corrected chi connectivity index (χ3v) is 11.7. The summed E-state index contributed by atoms with van der Waals surface area (Å²) in [6.07, 6.45) is 52.9. The Morgan fingerprint density at radius 3 is 1.40 bits per heavy atom. The van der Waals surface area contributed by atoms with Crippen LogP contribution in [0.2, 0.25) is 0 Å². The molecule has 0 fully saturated rings. The third kappa shape index (κ3) is 42.6. The molecule has 1 amide bonds. The van der Waals surface area contributed by atoms with Crippen LogP contribution in [-0.4, -0.2) is 47.8 Å². The van der Waals surface area contributed by atoms with Gasteiger partial charge in [-0.2, -0.15) is 0 Å². The molecule has 0 spiro atoms. The van der Waals surface area contributed by atoms with E-state index in [0.717, 1.165) is 64.2 Å². The molecule has 0 saturated heterocycles. The Balaban J connectivity index is 4.13. The van der Waals surface area contributed by atoms with Crippen molar-refractivity contribution >= 4 is 13.7 Å². The fourth-order valence-corrected chi connectivity index (χ4v) is 7.85. The molecule has 336 valence electrons. The number of allylic oxidation sites excluding steroid dienone is 6. The minimum Gasteiger partial charge on any atom is -0.391 e. The molecular formula is C48H93N2O6P. The van der Waals surface area contributed by atoms with E-state index in [4.69, 9.17) is 14.8 Å². The topological polar surface area (TPSA) is 131 Å². The first-order valence-corrected chi connectivity index (χ1v) is 25.6. The molecule has 0 rings (SSSR count). The number of rotatable bonds is 45. The first-order valence-electron chi connectivity index (χ1n) is 24.1. The van der Waals surface area contributed by atoms with Gasteiger partial charge in [-0.3, -0.25) is 13.8 Å². The van der Waals surface area contributed by atoms with Gasteiger partial charge in [0.1, 0.15) is 0 Å². The molecule has 0 aromatic carbocycles. The predicted molar refractivity (Wildman–Crippen MR) is 244 cm³/mol. The van der Waals surface area contributed by atoms with E-state index in [9.17, 15) is 19.4 Å². The summed E-state index contributed by atoms with van der Waals surface area (Å²) in [6.45, 7) is 4.20. The number of phosphoric acid groups is 1. The maximum Gasteiger partial charge on any atom is 0.472 e. The number of phosphoric ester groups is 1. The van der Waals surface area contributed by atoms with Gasteiger partial charge in [-0.15, -0.1) is 0 Å². The average Bonchev–Trinajstić information content (AvgIpc) is 3.20. The summed E-state index contributed by atoms with van der Waals surface area (Å²) >= 11 is 0. The number of nitrogens with two attached hydrogens (primary N) is 1. The van der Waals surface area contributed by atoms with Crippen LogP contribution >= 0.6 is 7.82 Å². The molecule has 0 aliphatic rings. The fraction of sp³-hybridized carbons (Fsp3) is 0.854. The van der Waals surface area contributed by atoms with Crippen molar-refractivity contribution in [2.24, 2.45) is 5.73 Å². The van der Waals surface area contributed by atoms with E-state index in [1.807, 2.05) is 0 Å². The molecule has 3 atom stereocenters. The molecule has 0 radical (unpaired) electrons. The first-order chi connectivity index (χ1) is 27.9. The maximum absolute atomic E-state index is 12.8. The Bertz CT molecular complexity index is 990. The second-order valence-electron chi connectivity index (χ2n) is 16.3. The lowest BCUT2D eigenvalue weighted by Gasteiger charge is -2.25. The number of unbranched alkanes of at least 4 members (excludes halogenated alkanes) is 27. The van der Waals surface area contributed by atoms with Gasteiger partial charge < -0.3 is 21.1 Å². The van der Waals surface area contributed by atoms with E-state index in [0.29, 0.717) is 12.8 Å². The standard InChI is InChI=1S/C48H93N2O6P/c1-3-5-7-9-11-13-15-17-19-21-22-23-24-26-28-30-32-34-36-38-40-42-48(52)50-46(45-56-57(53,54)55-44-43-49)47(51)41-39-37-35-33-31-29-27-25-20-18-16-14-12-10-8-6-4-2/h15,17,21-22,24,26,46-47,51H,3-14,16,18-20,23,25,27-45,49H2,1-2H3,(H,50,52)(H,53,54)/b17-15-,22-21-,26-24-. The van der Waals surface area contributed by atoms with Crippen LogP contribution in [0, 0.1) is 0 Å². The first kappa shape index (κ1) is 55.7. The molecule has 0 saturated carbocycles. The van der Waals surface area contributed by atoms with Gasteiger partial charge in [0.05, 0.1) is 25.4 Å². The molecule has 8 nitrogen and oxygen atoms in total. The van der Waals surface area contributed by atoms with E-state index in [1.165, 1.54) is 141 Å². The summed E-state index contributed by atoms with van der Waals surface area (Å²) < 4.78 is 22.2. The van der Waals surface area contributed by atoms with Crippen molar-refractivity contribution in [2.75, 3.05) is 19.8 Å². The van der Waals surface area contributed by atoms with Gasteiger partial charge in [0.25, 0.3) is 0 Å². The van der Waals surface area contributed by atoms with E-state index in [-0.39, 0.29) is 25.7 Å². The minimum absolute atomic E-state index is 0.0860. The SMILES string of the molecule is CCCCCCC/C=C\C/C=C\C/C=C\CCCCCCCCC(=O)NC(COP(=O)(O)OCCN)C(O)CCCCCCCCCCCCCCCCCCC. The monoisotopic (exact) mass is 825 g/mol. The highest BCUT2D eigenvalue weighted by Gasteiger charge is 2.27. The van der Waals surface area contributed by atoms with Gasteiger partial charge in [-0.05, 0) is 51.4 Å². The van der Waals surface area contributed by atoms with Crippen LogP contribution < -0.4 is 11.1 Å². The van der Waals surface area contributed by atoms with Gasteiger partial charge >= 0.3 is 7.82 Å².